The highest BCUT2D eigenvalue weighted by molar-refractivity contribution is 7.13. The molecular formula is C18H21FN2O2S. The van der Waals surface area contributed by atoms with Crippen LogP contribution in [0.2, 0.25) is 0 Å². The lowest BCUT2D eigenvalue weighted by atomic mass is 9.86. The van der Waals surface area contributed by atoms with Gasteiger partial charge < -0.3 is 10.0 Å². The van der Waals surface area contributed by atoms with Crippen molar-refractivity contribution in [2.24, 2.45) is 5.92 Å². The zero-order valence-electron chi connectivity index (χ0n) is 13.6. The number of aliphatic hydroxyl groups is 1. The van der Waals surface area contributed by atoms with E-state index in [-0.39, 0.29) is 24.4 Å². The van der Waals surface area contributed by atoms with Gasteiger partial charge in [-0.25, -0.2) is 9.37 Å². The van der Waals surface area contributed by atoms with Crippen LogP contribution in [0.4, 0.5) is 4.39 Å². The van der Waals surface area contributed by atoms with Crippen LogP contribution in [0, 0.1) is 11.7 Å². The molecule has 0 aliphatic heterocycles. The zero-order valence-corrected chi connectivity index (χ0v) is 14.4. The van der Waals surface area contributed by atoms with Crippen LogP contribution in [0.15, 0.2) is 29.6 Å². The van der Waals surface area contributed by atoms with Gasteiger partial charge in [0.2, 0.25) is 0 Å². The van der Waals surface area contributed by atoms with Gasteiger partial charge in [0.1, 0.15) is 16.5 Å². The average Bonchev–Trinajstić information content (AvgIpc) is 3.11. The number of aromatic nitrogens is 1. The Labute approximate surface area is 145 Å². The number of halogens is 1. The molecule has 1 heterocycles. The minimum absolute atomic E-state index is 0.0768. The van der Waals surface area contributed by atoms with Gasteiger partial charge in [-0.3, -0.25) is 4.79 Å². The fourth-order valence-corrected chi connectivity index (χ4v) is 3.96. The number of amides is 1. The van der Waals surface area contributed by atoms with Crippen molar-refractivity contribution in [2.45, 2.75) is 31.7 Å². The summed E-state index contributed by atoms with van der Waals surface area (Å²) >= 11 is 1.39. The Morgan fingerprint density at radius 1 is 1.29 bits per heavy atom. The van der Waals surface area contributed by atoms with Crippen LogP contribution < -0.4 is 0 Å². The minimum Gasteiger partial charge on any atom is -0.396 e. The van der Waals surface area contributed by atoms with E-state index in [1.807, 2.05) is 7.05 Å². The minimum atomic E-state index is -0.287. The first-order chi connectivity index (χ1) is 11.6. The van der Waals surface area contributed by atoms with Crippen molar-refractivity contribution in [3.63, 3.8) is 0 Å². The molecule has 4 nitrogen and oxygen atoms in total. The first-order valence-electron chi connectivity index (χ1n) is 8.18. The molecule has 1 N–H and O–H groups in total. The maximum atomic E-state index is 13.0. The van der Waals surface area contributed by atoms with E-state index in [2.05, 4.69) is 4.98 Å². The first kappa shape index (κ1) is 17.0. The van der Waals surface area contributed by atoms with Gasteiger partial charge in [0.15, 0.2) is 0 Å². The molecule has 1 aromatic heterocycles. The molecule has 1 fully saturated rings. The summed E-state index contributed by atoms with van der Waals surface area (Å²) in [6.07, 6.45) is 3.75. The molecule has 2 aromatic rings. The van der Waals surface area contributed by atoms with Crippen LogP contribution in [0.5, 0.6) is 0 Å². The highest BCUT2D eigenvalue weighted by atomic mass is 32.1. The average molecular weight is 348 g/mol. The van der Waals surface area contributed by atoms with E-state index in [1.165, 1.54) is 23.5 Å². The van der Waals surface area contributed by atoms with Gasteiger partial charge in [0.25, 0.3) is 5.91 Å². The second-order valence-electron chi connectivity index (χ2n) is 6.32. The summed E-state index contributed by atoms with van der Waals surface area (Å²) in [4.78, 5) is 18.9. The lowest BCUT2D eigenvalue weighted by molar-refractivity contribution is 0.0648. The van der Waals surface area contributed by atoms with Gasteiger partial charge in [0.05, 0.1) is 0 Å². The van der Waals surface area contributed by atoms with E-state index in [0.717, 1.165) is 36.3 Å². The Morgan fingerprint density at radius 2 is 1.96 bits per heavy atom. The fraction of sp³-hybridized carbons (Fsp3) is 0.444. The topological polar surface area (TPSA) is 53.4 Å². The summed E-state index contributed by atoms with van der Waals surface area (Å²) in [5.41, 5.74) is 1.25. The Morgan fingerprint density at radius 3 is 2.58 bits per heavy atom. The number of carbonyl (C=O) groups is 1. The van der Waals surface area contributed by atoms with Crippen molar-refractivity contribution in [2.75, 3.05) is 13.7 Å². The quantitative estimate of drug-likeness (QED) is 0.919. The Kier molecular flexibility index (Phi) is 5.26. The molecule has 0 unspecified atom stereocenters. The summed E-state index contributed by atoms with van der Waals surface area (Å²) in [6.45, 7) is 0.234. The standard InChI is InChI=1S/C18H21FN2O2S/c1-21(15-8-2-12(10-22)3-9-15)18(23)16-11-24-17(20-16)13-4-6-14(19)7-5-13/h4-7,11-12,15,22H,2-3,8-10H2,1H3. The maximum absolute atomic E-state index is 13.0. The second-order valence-corrected chi connectivity index (χ2v) is 7.18. The molecule has 128 valence electrons. The number of benzene rings is 1. The van der Waals surface area contributed by atoms with E-state index in [4.69, 9.17) is 0 Å². The van der Waals surface area contributed by atoms with Gasteiger partial charge in [-0.15, -0.1) is 11.3 Å². The highest BCUT2D eigenvalue weighted by Gasteiger charge is 2.27. The van der Waals surface area contributed by atoms with Crippen molar-refractivity contribution in [3.05, 3.63) is 41.2 Å². The molecule has 0 radical (unpaired) electrons. The normalized spacial score (nSPS) is 20.8. The molecule has 1 amide bonds. The second kappa shape index (κ2) is 7.40. The maximum Gasteiger partial charge on any atom is 0.273 e. The molecule has 3 rings (SSSR count). The molecule has 1 aromatic carbocycles. The number of carbonyl (C=O) groups excluding carboxylic acids is 1. The lowest BCUT2D eigenvalue weighted by Crippen LogP contribution is -2.40. The number of rotatable bonds is 4. The van der Waals surface area contributed by atoms with E-state index >= 15 is 0 Å². The smallest absolute Gasteiger partial charge is 0.273 e. The number of nitrogens with zero attached hydrogens (tertiary/aromatic N) is 2. The van der Waals surface area contributed by atoms with Crippen LogP contribution in [0.1, 0.15) is 36.2 Å². The summed E-state index contributed by atoms with van der Waals surface area (Å²) in [5.74, 6) is 0.00554. The van der Waals surface area contributed by atoms with Crippen molar-refractivity contribution >= 4 is 17.2 Å². The lowest BCUT2D eigenvalue weighted by Gasteiger charge is -2.33. The van der Waals surface area contributed by atoms with Crippen molar-refractivity contribution < 1.29 is 14.3 Å². The Bertz CT molecular complexity index is 693. The van der Waals surface area contributed by atoms with Crippen LogP contribution in [0.25, 0.3) is 10.6 Å². The van der Waals surface area contributed by atoms with Crippen molar-refractivity contribution in [1.29, 1.82) is 0 Å². The Hall–Kier alpha value is -1.79. The summed E-state index contributed by atoms with van der Waals surface area (Å²) < 4.78 is 13.0. The van der Waals surface area contributed by atoms with Gasteiger partial charge in [-0.05, 0) is 55.9 Å². The van der Waals surface area contributed by atoms with Crippen LogP contribution in [-0.4, -0.2) is 40.6 Å². The first-order valence-corrected chi connectivity index (χ1v) is 9.06. The van der Waals surface area contributed by atoms with Crippen molar-refractivity contribution in [1.82, 2.24) is 9.88 Å². The molecule has 1 aliphatic carbocycles. The molecule has 24 heavy (non-hydrogen) atoms. The van der Waals surface area contributed by atoms with E-state index < -0.39 is 0 Å². The predicted molar refractivity (Wildman–Crippen MR) is 92.4 cm³/mol. The molecule has 1 aliphatic rings. The molecule has 0 spiro atoms. The molecule has 0 saturated heterocycles. The summed E-state index contributed by atoms with van der Waals surface area (Å²) in [7, 11) is 1.82. The monoisotopic (exact) mass is 348 g/mol. The van der Waals surface area contributed by atoms with Crippen LogP contribution in [-0.2, 0) is 0 Å². The predicted octanol–water partition coefficient (Wildman–Crippen LogP) is 3.57. The van der Waals surface area contributed by atoms with E-state index in [1.54, 1.807) is 22.4 Å². The summed E-state index contributed by atoms with van der Waals surface area (Å²) in [5, 5.41) is 11.7. The van der Waals surface area contributed by atoms with Gasteiger partial charge in [-0.2, -0.15) is 0 Å². The number of hydrogen-bond donors (Lipinski definition) is 1. The van der Waals surface area contributed by atoms with Gasteiger partial charge in [0, 0.05) is 30.6 Å². The van der Waals surface area contributed by atoms with E-state index in [0.29, 0.717) is 11.6 Å². The van der Waals surface area contributed by atoms with Crippen LogP contribution >= 0.6 is 11.3 Å². The Balaban J connectivity index is 1.68. The third-order valence-corrected chi connectivity index (χ3v) is 5.65. The zero-order chi connectivity index (χ0) is 17.1. The SMILES string of the molecule is CN(C(=O)c1csc(-c2ccc(F)cc2)n1)C1CCC(CO)CC1. The molecular weight excluding hydrogens is 327 g/mol. The number of thiazole rings is 1. The largest absolute Gasteiger partial charge is 0.396 e. The third-order valence-electron chi connectivity index (χ3n) is 4.76. The third kappa shape index (κ3) is 3.65. The highest BCUT2D eigenvalue weighted by Crippen LogP contribution is 2.29. The molecule has 0 atom stereocenters. The number of hydrogen-bond acceptors (Lipinski definition) is 4. The molecule has 1 saturated carbocycles. The van der Waals surface area contributed by atoms with E-state index in [9.17, 15) is 14.3 Å². The van der Waals surface area contributed by atoms with Crippen LogP contribution in [0.3, 0.4) is 0 Å². The van der Waals surface area contributed by atoms with Gasteiger partial charge in [-0.1, -0.05) is 0 Å². The molecule has 6 heteroatoms. The fourth-order valence-electron chi connectivity index (χ4n) is 3.16. The number of aliphatic hydroxyl groups excluding tert-OH is 1. The summed E-state index contributed by atoms with van der Waals surface area (Å²) in [6, 6.07) is 6.33. The van der Waals surface area contributed by atoms with Crippen molar-refractivity contribution in [3.8, 4) is 10.6 Å². The molecule has 0 bridgehead atoms. The van der Waals surface area contributed by atoms with Gasteiger partial charge >= 0.3 is 0 Å².